The molecule has 48 heavy (non-hydrogen) atoms. The van der Waals surface area contributed by atoms with Gasteiger partial charge in [0.15, 0.2) is 0 Å². The van der Waals surface area contributed by atoms with Gasteiger partial charge in [-0.1, -0.05) is 115 Å². The molecule has 0 aliphatic rings. The van der Waals surface area contributed by atoms with Gasteiger partial charge in [0.05, 0.1) is 13.2 Å². The molecule has 2 amide bonds. The summed E-state index contributed by atoms with van der Waals surface area (Å²) in [6.45, 7) is 3.40. The predicted octanol–water partition coefficient (Wildman–Crippen LogP) is 8.48. The lowest BCUT2D eigenvalue weighted by Crippen LogP contribution is -2.47. The van der Waals surface area contributed by atoms with Crippen molar-refractivity contribution in [3.05, 3.63) is 24.3 Å². The Hall–Kier alpha value is -2.68. The van der Waals surface area contributed by atoms with Crippen LogP contribution >= 0.6 is 0 Å². The lowest BCUT2D eigenvalue weighted by molar-refractivity contribution is -0.150. The van der Waals surface area contributed by atoms with Crippen molar-refractivity contribution in [3.63, 3.8) is 0 Å². The molecule has 0 saturated carbocycles. The molecule has 9 heteroatoms. The molecule has 0 aliphatic heterocycles. The highest BCUT2D eigenvalue weighted by atomic mass is 16.5. The van der Waals surface area contributed by atoms with Crippen LogP contribution in [0.15, 0.2) is 24.3 Å². The van der Waals surface area contributed by atoms with Gasteiger partial charge in [-0.15, -0.1) is 0 Å². The number of aliphatic carboxylic acids is 1. The summed E-state index contributed by atoms with van der Waals surface area (Å²) in [4.78, 5) is 47.3. The lowest BCUT2D eigenvalue weighted by atomic mass is 10.0. The first-order valence-corrected chi connectivity index (χ1v) is 19.2. The Balaban J connectivity index is 4.12. The van der Waals surface area contributed by atoms with E-state index in [1.54, 1.807) is 0 Å². The molecule has 0 aromatic heterocycles. The molecule has 0 radical (unpaired) electrons. The third kappa shape index (κ3) is 30.6. The topological polar surface area (TPSA) is 142 Å². The number of unbranched alkanes of at least 4 members (excludes halogenated alkanes) is 16. The second kappa shape index (κ2) is 34.2. The average molecular weight is 679 g/mol. The van der Waals surface area contributed by atoms with Crippen LogP contribution in [0.5, 0.6) is 0 Å². The quantitative estimate of drug-likeness (QED) is 0.0304. The lowest BCUT2D eigenvalue weighted by Gasteiger charge is -2.18. The van der Waals surface area contributed by atoms with Crippen LogP contribution in [0.4, 0.5) is 0 Å². The van der Waals surface area contributed by atoms with Crippen molar-refractivity contribution in [3.8, 4) is 0 Å². The van der Waals surface area contributed by atoms with E-state index in [1.807, 2.05) is 0 Å². The highest BCUT2D eigenvalue weighted by molar-refractivity contribution is 5.87. The molecule has 9 nitrogen and oxygen atoms in total. The standard InChI is InChI=1S/C39H70N2O7/c1-3-5-7-9-10-11-12-13-14-15-16-17-18-19-21-27-31-38(45)48-34(28-24-20-8-6-4-2)29-25-22-23-26-30-36(43)40-32-37(44)41-35(33-42)39(46)47/h11-12,14-15,34-35,42H,3-10,13,16-33H2,1-2H3,(H,40,43)(H,41,44)(H,46,47)/b12-11-,15-14-. The van der Waals surface area contributed by atoms with E-state index >= 15 is 0 Å². The number of hydrogen-bond acceptors (Lipinski definition) is 6. The Morgan fingerprint density at radius 2 is 1.12 bits per heavy atom. The van der Waals surface area contributed by atoms with Crippen molar-refractivity contribution < 1.29 is 34.1 Å². The van der Waals surface area contributed by atoms with Crippen LogP contribution in [0, 0.1) is 0 Å². The van der Waals surface area contributed by atoms with Crippen molar-refractivity contribution in [1.82, 2.24) is 10.6 Å². The number of ether oxygens (including phenoxy) is 1. The number of amides is 2. The van der Waals surface area contributed by atoms with Crippen molar-refractivity contribution in [2.45, 2.75) is 187 Å². The summed E-state index contributed by atoms with van der Waals surface area (Å²) in [6.07, 6.45) is 35.0. The maximum Gasteiger partial charge on any atom is 0.328 e. The van der Waals surface area contributed by atoms with Crippen molar-refractivity contribution >= 4 is 23.8 Å². The Kier molecular flexibility index (Phi) is 32.3. The molecule has 0 rings (SSSR count). The molecule has 2 atom stereocenters. The highest BCUT2D eigenvalue weighted by Crippen LogP contribution is 2.18. The molecule has 0 spiro atoms. The summed E-state index contributed by atoms with van der Waals surface area (Å²) in [7, 11) is 0. The molecule has 278 valence electrons. The Morgan fingerprint density at radius 1 is 0.625 bits per heavy atom. The number of carbonyl (C=O) groups excluding carboxylic acids is 3. The van der Waals surface area contributed by atoms with Crippen LogP contribution in [0.3, 0.4) is 0 Å². The van der Waals surface area contributed by atoms with Gasteiger partial charge in [0.25, 0.3) is 0 Å². The minimum atomic E-state index is -1.39. The fraction of sp³-hybridized carbons (Fsp3) is 0.795. The van der Waals surface area contributed by atoms with Gasteiger partial charge >= 0.3 is 11.9 Å². The van der Waals surface area contributed by atoms with Crippen molar-refractivity contribution in [1.29, 1.82) is 0 Å². The van der Waals surface area contributed by atoms with Gasteiger partial charge in [-0.05, 0) is 70.6 Å². The number of carboxylic acid groups (broad SMARTS) is 1. The van der Waals surface area contributed by atoms with Gasteiger partial charge < -0.3 is 25.6 Å². The zero-order valence-electron chi connectivity index (χ0n) is 30.5. The maximum absolute atomic E-state index is 12.6. The second-order valence-corrected chi connectivity index (χ2v) is 13.0. The zero-order valence-corrected chi connectivity index (χ0v) is 30.5. The third-order valence-electron chi connectivity index (χ3n) is 8.45. The molecule has 0 heterocycles. The van der Waals surface area contributed by atoms with Crippen LogP contribution in [-0.4, -0.2) is 59.3 Å². The fourth-order valence-electron chi connectivity index (χ4n) is 5.45. The van der Waals surface area contributed by atoms with Crippen LogP contribution < -0.4 is 10.6 Å². The zero-order chi connectivity index (χ0) is 35.5. The van der Waals surface area contributed by atoms with Crippen LogP contribution in [0.1, 0.15) is 174 Å². The van der Waals surface area contributed by atoms with Gasteiger partial charge in [-0.3, -0.25) is 14.4 Å². The first-order valence-electron chi connectivity index (χ1n) is 19.2. The number of aliphatic hydroxyl groups is 1. The normalized spacial score (nSPS) is 12.7. The van der Waals surface area contributed by atoms with Crippen molar-refractivity contribution in [2.75, 3.05) is 13.2 Å². The highest BCUT2D eigenvalue weighted by Gasteiger charge is 2.19. The number of rotatable bonds is 34. The molecule has 0 bridgehead atoms. The second-order valence-electron chi connectivity index (χ2n) is 13.0. The van der Waals surface area contributed by atoms with E-state index < -0.39 is 24.5 Å². The van der Waals surface area contributed by atoms with Crippen LogP contribution in [0.25, 0.3) is 0 Å². The van der Waals surface area contributed by atoms with Crippen molar-refractivity contribution in [2.24, 2.45) is 0 Å². The molecule has 4 N–H and O–H groups in total. The van der Waals surface area contributed by atoms with E-state index in [4.69, 9.17) is 14.9 Å². The molecule has 0 saturated heterocycles. The van der Waals surface area contributed by atoms with E-state index in [2.05, 4.69) is 48.8 Å². The summed E-state index contributed by atoms with van der Waals surface area (Å²) in [5.41, 5.74) is 0. The van der Waals surface area contributed by atoms with E-state index in [-0.39, 0.29) is 30.9 Å². The van der Waals surface area contributed by atoms with Gasteiger partial charge in [0.2, 0.25) is 11.8 Å². The van der Waals surface area contributed by atoms with Gasteiger partial charge in [-0.25, -0.2) is 4.79 Å². The number of carbonyl (C=O) groups is 4. The number of nitrogens with one attached hydrogen (secondary N) is 2. The first kappa shape index (κ1) is 45.3. The SMILES string of the molecule is CCCCCC/C=C\C/C=C\CCCCCCCC(=O)OC(CCCCCCC)CCCCCCC(=O)NCC(=O)NC(CO)C(=O)O. The Bertz CT molecular complexity index is 874. The average Bonchev–Trinajstić information content (AvgIpc) is 3.07. The maximum atomic E-state index is 12.6. The molecule has 0 fully saturated rings. The molecular weight excluding hydrogens is 608 g/mol. The van der Waals surface area contributed by atoms with Crippen LogP contribution in [0.2, 0.25) is 0 Å². The summed E-state index contributed by atoms with van der Waals surface area (Å²) in [5.74, 6) is -2.35. The third-order valence-corrected chi connectivity index (χ3v) is 8.45. The minimum absolute atomic E-state index is 0.0443. The largest absolute Gasteiger partial charge is 0.480 e. The Morgan fingerprint density at radius 3 is 1.69 bits per heavy atom. The number of esters is 1. The smallest absolute Gasteiger partial charge is 0.328 e. The summed E-state index contributed by atoms with van der Waals surface area (Å²) >= 11 is 0. The number of aliphatic hydroxyl groups excluding tert-OH is 1. The summed E-state index contributed by atoms with van der Waals surface area (Å²) in [6, 6.07) is -1.39. The molecule has 0 aliphatic carbocycles. The number of hydrogen-bond donors (Lipinski definition) is 4. The first-order chi connectivity index (χ1) is 23.3. The van der Waals surface area contributed by atoms with E-state index in [1.165, 1.54) is 64.2 Å². The monoisotopic (exact) mass is 679 g/mol. The number of allylic oxidation sites excluding steroid dienone is 4. The van der Waals surface area contributed by atoms with Crippen LogP contribution in [-0.2, 0) is 23.9 Å². The number of carboxylic acids is 1. The fourth-order valence-corrected chi connectivity index (χ4v) is 5.45. The molecule has 2 unspecified atom stereocenters. The molecular formula is C39H70N2O7. The van der Waals surface area contributed by atoms with Gasteiger partial charge in [0.1, 0.15) is 12.1 Å². The van der Waals surface area contributed by atoms with Gasteiger partial charge in [0, 0.05) is 12.8 Å². The van der Waals surface area contributed by atoms with E-state index in [9.17, 15) is 19.2 Å². The summed E-state index contributed by atoms with van der Waals surface area (Å²) < 4.78 is 5.92. The molecule has 0 aromatic rings. The van der Waals surface area contributed by atoms with E-state index in [0.29, 0.717) is 12.8 Å². The minimum Gasteiger partial charge on any atom is -0.480 e. The Labute approximate surface area is 292 Å². The van der Waals surface area contributed by atoms with E-state index in [0.717, 1.165) is 77.0 Å². The summed E-state index contributed by atoms with van der Waals surface area (Å²) in [5, 5.41) is 22.5. The predicted molar refractivity (Wildman–Crippen MR) is 195 cm³/mol. The van der Waals surface area contributed by atoms with Gasteiger partial charge in [-0.2, -0.15) is 0 Å². The molecule has 0 aromatic carbocycles.